The van der Waals surface area contributed by atoms with Crippen molar-refractivity contribution in [2.45, 2.75) is 50.7 Å². The normalized spacial score (nSPS) is 26.2. The Morgan fingerprint density at radius 1 is 1.09 bits per heavy atom. The van der Waals surface area contributed by atoms with Crippen molar-refractivity contribution in [2.75, 3.05) is 6.61 Å². The fourth-order valence-electron chi connectivity index (χ4n) is 3.82. The molecule has 1 saturated heterocycles. The minimum Gasteiger partial charge on any atom is -0.461 e. The van der Waals surface area contributed by atoms with Gasteiger partial charge in [-0.1, -0.05) is 24.3 Å². The van der Waals surface area contributed by atoms with Crippen molar-refractivity contribution in [2.24, 2.45) is 0 Å². The average molecular weight is 475 g/mol. The molecule has 6 atom stereocenters. The topological polar surface area (TPSA) is 126 Å². The summed E-state index contributed by atoms with van der Waals surface area (Å²) in [5.41, 5.74) is 1.26. The molecule has 4 rings (SSSR count). The number of benzene rings is 2. The highest BCUT2D eigenvalue weighted by Gasteiger charge is 2.44. The molecule has 1 fully saturated rings. The van der Waals surface area contributed by atoms with E-state index in [4.69, 9.17) is 14.2 Å². The first-order valence-electron chi connectivity index (χ1n) is 10.6. The highest BCUT2D eigenvalue weighted by molar-refractivity contribution is 7.19. The number of esters is 1. The Bertz CT molecular complexity index is 1110. The third-order valence-electron chi connectivity index (χ3n) is 5.62. The Morgan fingerprint density at radius 2 is 1.82 bits per heavy atom. The maximum atomic E-state index is 12.5. The van der Waals surface area contributed by atoms with Gasteiger partial charge < -0.3 is 34.6 Å². The minimum absolute atomic E-state index is 0.393. The number of rotatable bonds is 6. The van der Waals surface area contributed by atoms with E-state index in [0.717, 1.165) is 20.5 Å². The summed E-state index contributed by atoms with van der Waals surface area (Å²) in [4.78, 5) is 13.5. The monoisotopic (exact) mass is 474 g/mol. The average Bonchev–Trinajstić information content (AvgIpc) is 3.21. The molecule has 3 aromatic rings. The number of carbonyl (C=O) groups is 1. The van der Waals surface area contributed by atoms with Crippen LogP contribution in [0.25, 0.3) is 10.1 Å². The molecule has 1 aromatic heterocycles. The van der Waals surface area contributed by atoms with Crippen LogP contribution in [0.2, 0.25) is 0 Å². The van der Waals surface area contributed by atoms with E-state index in [1.54, 1.807) is 43.3 Å². The fraction of sp³-hybridized carbons (Fsp3) is 0.375. The predicted molar refractivity (Wildman–Crippen MR) is 121 cm³/mol. The molecule has 0 aliphatic carbocycles. The van der Waals surface area contributed by atoms with Crippen LogP contribution in [0.3, 0.4) is 0 Å². The highest BCUT2D eigenvalue weighted by Crippen LogP contribution is 2.39. The van der Waals surface area contributed by atoms with Crippen LogP contribution < -0.4 is 4.74 Å². The first-order chi connectivity index (χ1) is 15.8. The molecule has 0 radical (unpaired) electrons. The third kappa shape index (κ3) is 4.74. The number of fused-ring (bicyclic) bond motifs is 1. The standard InChI is InChI=1S/C24H26O8S/c1-12-10-16-17(31-24-21(28)20(27)19(26)18(11-25)32-24)9-8-15(22(16)33-12)13(2)30-23(29)14-6-4-3-5-7-14/h3-10,13,18-21,24-28H,11H2,1-2H3/t13?,18-,19+,20+,21-,24-/m1/s1. The van der Waals surface area contributed by atoms with Gasteiger partial charge in [-0.15, -0.1) is 11.3 Å². The molecule has 2 heterocycles. The van der Waals surface area contributed by atoms with Crippen molar-refractivity contribution >= 4 is 27.4 Å². The maximum Gasteiger partial charge on any atom is 0.338 e. The summed E-state index contributed by atoms with van der Waals surface area (Å²) in [5.74, 6) is -0.0322. The third-order valence-corrected chi connectivity index (χ3v) is 6.72. The van der Waals surface area contributed by atoms with E-state index in [2.05, 4.69) is 0 Å². The van der Waals surface area contributed by atoms with Crippen molar-refractivity contribution < 1.29 is 39.4 Å². The Balaban J connectivity index is 1.59. The van der Waals surface area contributed by atoms with Crippen molar-refractivity contribution in [1.82, 2.24) is 0 Å². The van der Waals surface area contributed by atoms with E-state index < -0.39 is 49.4 Å². The molecular weight excluding hydrogens is 448 g/mol. The summed E-state index contributed by atoms with van der Waals surface area (Å²) in [6.45, 7) is 3.19. The van der Waals surface area contributed by atoms with E-state index in [0.29, 0.717) is 11.3 Å². The van der Waals surface area contributed by atoms with Crippen LogP contribution in [0.4, 0.5) is 0 Å². The van der Waals surface area contributed by atoms with Gasteiger partial charge in [0.05, 0.1) is 12.2 Å². The molecule has 33 heavy (non-hydrogen) atoms. The molecule has 0 amide bonds. The Morgan fingerprint density at radius 3 is 2.52 bits per heavy atom. The largest absolute Gasteiger partial charge is 0.461 e. The van der Waals surface area contributed by atoms with Crippen LogP contribution in [-0.4, -0.2) is 63.7 Å². The van der Waals surface area contributed by atoms with E-state index in [9.17, 15) is 25.2 Å². The van der Waals surface area contributed by atoms with Gasteiger partial charge in [0.1, 0.15) is 36.3 Å². The molecule has 1 aliphatic rings. The van der Waals surface area contributed by atoms with Gasteiger partial charge in [0, 0.05) is 20.5 Å². The van der Waals surface area contributed by atoms with E-state index in [1.807, 2.05) is 19.1 Å². The fourth-order valence-corrected chi connectivity index (χ4v) is 4.94. The lowest BCUT2D eigenvalue weighted by Gasteiger charge is -2.39. The summed E-state index contributed by atoms with van der Waals surface area (Å²) in [5, 5.41) is 40.5. The Labute approximate surface area is 194 Å². The number of aliphatic hydroxyl groups is 4. The predicted octanol–water partition coefficient (Wildman–Crippen LogP) is 2.31. The van der Waals surface area contributed by atoms with Crippen molar-refractivity contribution in [3.05, 3.63) is 64.5 Å². The van der Waals surface area contributed by atoms with E-state index in [1.165, 1.54) is 11.3 Å². The van der Waals surface area contributed by atoms with E-state index >= 15 is 0 Å². The molecule has 176 valence electrons. The number of aryl methyl sites for hydroxylation is 1. The second kappa shape index (κ2) is 9.76. The molecule has 8 nitrogen and oxygen atoms in total. The van der Waals surface area contributed by atoms with Gasteiger partial charge in [0.25, 0.3) is 0 Å². The lowest BCUT2D eigenvalue weighted by atomic mass is 9.99. The molecule has 1 unspecified atom stereocenters. The summed E-state index contributed by atoms with van der Waals surface area (Å²) in [6.07, 6.45) is -7.39. The second-order valence-corrected chi connectivity index (χ2v) is 9.24. The van der Waals surface area contributed by atoms with Gasteiger partial charge in [-0.25, -0.2) is 4.79 Å². The molecule has 0 spiro atoms. The van der Waals surface area contributed by atoms with Crippen LogP contribution >= 0.6 is 11.3 Å². The number of hydrogen-bond acceptors (Lipinski definition) is 9. The molecule has 1 aliphatic heterocycles. The van der Waals surface area contributed by atoms with E-state index in [-0.39, 0.29) is 0 Å². The van der Waals surface area contributed by atoms with Crippen molar-refractivity contribution in [3.63, 3.8) is 0 Å². The van der Waals surface area contributed by atoms with Gasteiger partial charge in [-0.2, -0.15) is 0 Å². The number of carbonyl (C=O) groups excluding carboxylic acids is 1. The van der Waals surface area contributed by atoms with Gasteiger partial charge in [0.15, 0.2) is 0 Å². The van der Waals surface area contributed by atoms with Crippen LogP contribution in [0, 0.1) is 6.92 Å². The summed E-state index contributed by atoms with van der Waals surface area (Å²) >= 11 is 1.51. The molecular formula is C24H26O8S. The number of ether oxygens (including phenoxy) is 3. The smallest absolute Gasteiger partial charge is 0.338 e. The number of hydrogen-bond donors (Lipinski definition) is 4. The summed E-state index contributed by atoms with van der Waals surface area (Å²) in [7, 11) is 0. The van der Waals surface area contributed by atoms with Crippen LogP contribution in [0.15, 0.2) is 48.5 Å². The lowest BCUT2D eigenvalue weighted by Crippen LogP contribution is -2.60. The molecule has 0 saturated carbocycles. The minimum atomic E-state index is -1.53. The zero-order chi connectivity index (χ0) is 23.7. The first-order valence-corrected chi connectivity index (χ1v) is 11.4. The lowest BCUT2D eigenvalue weighted by molar-refractivity contribution is -0.277. The van der Waals surface area contributed by atoms with Crippen molar-refractivity contribution in [3.8, 4) is 5.75 Å². The van der Waals surface area contributed by atoms with Crippen LogP contribution in [0.1, 0.15) is 33.8 Å². The maximum absolute atomic E-state index is 12.5. The number of aliphatic hydroxyl groups excluding tert-OH is 4. The first kappa shape index (κ1) is 23.6. The zero-order valence-corrected chi connectivity index (χ0v) is 18.9. The van der Waals surface area contributed by atoms with Crippen LogP contribution in [0.5, 0.6) is 5.75 Å². The molecule has 2 aromatic carbocycles. The molecule has 9 heteroatoms. The number of thiophene rings is 1. The van der Waals surface area contributed by atoms with Crippen LogP contribution in [-0.2, 0) is 9.47 Å². The second-order valence-electron chi connectivity index (χ2n) is 7.98. The zero-order valence-electron chi connectivity index (χ0n) is 18.1. The Kier molecular flexibility index (Phi) is 6.99. The highest BCUT2D eigenvalue weighted by atomic mass is 32.1. The Hall–Kier alpha value is -2.53. The van der Waals surface area contributed by atoms with Gasteiger partial charge in [-0.05, 0) is 38.1 Å². The van der Waals surface area contributed by atoms with Gasteiger partial charge >= 0.3 is 5.97 Å². The SMILES string of the molecule is Cc1cc2c(O[C@@H]3O[C@H](CO)[C@H](O)[C@H](O)[C@H]3O)ccc(C(C)OC(=O)c3ccccc3)c2s1. The summed E-state index contributed by atoms with van der Waals surface area (Å²) < 4.78 is 17.9. The van der Waals surface area contributed by atoms with Gasteiger partial charge in [-0.3, -0.25) is 0 Å². The summed E-state index contributed by atoms with van der Waals surface area (Å²) in [6, 6.07) is 14.1. The molecule has 0 bridgehead atoms. The molecule has 4 N–H and O–H groups in total. The van der Waals surface area contributed by atoms with Crippen molar-refractivity contribution in [1.29, 1.82) is 0 Å². The quantitative estimate of drug-likeness (QED) is 0.401. The van der Waals surface area contributed by atoms with Gasteiger partial charge in [0.2, 0.25) is 6.29 Å².